The van der Waals surface area contributed by atoms with Gasteiger partial charge in [-0.2, -0.15) is 0 Å². The molecule has 0 bridgehead atoms. The molecule has 3 rings (SSSR count). The van der Waals surface area contributed by atoms with E-state index < -0.39 is 16.1 Å². The lowest BCUT2D eigenvalue weighted by Crippen LogP contribution is -2.51. The highest BCUT2D eigenvalue weighted by Gasteiger charge is 2.30. The molecule has 1 saturated carbocycles. The van der Waals surface area contributed by atoms with Crippen molar-refractivity contribution in [2.24, 2.45) is 0 Å². The Morgan fingerprint density at radius 2 is 1.69 bits per heavy atom. The van der Waals surface area contributed by atoms with Gasteiger partial charge in [-0.3, -0.25) is 13.9 Å². The van der Waals surface area contributed by atoms with Crippen LogP contribution in [-0.2, 0) is 32.6 Å². The van der Waals surface area contributed by atoms with Gasteiger partial charge in [0.15, 0.2) is 0 Å². The van der Waals surface area contributed by atoms with Crippen LogP contribution in [0.2, 0.25) is 0 Å². The molecule has 0 radical (unpaired) electrons. The summed E-state index contributed by atoms with van der Waals surface area (Å²) in [6.07, 6.45) is 8.47. The summed E-state index contributed by atoms with van der Waals surface area (Å²) in [4.78, 5) is 28.8. The zero-order chi connectivity index (χ0) is 28.4. The van der Waals surface area contributed by atoms with Gasteiger partial charge in [0.1, 0.15) is 6.04 Å². The van der Waals surface area contributed by atoms with E-state index in [0.29, 0.717) is 25.1 Å². The number of amides is 2. The van der Waals surface area contributed by atoms with Crippen LogP contribution >= 0.6 is 0 Å². The number of nitrogens with zero attached hydrogens (tertiary/aromatic N) is 2. The van der Waals surface area contributed by atoms with Crippen LogP contribution in [0.5, 0.6) is 0 Å². The van der Waals surface area contributed by atoms with Crippen LogP contribution in [0.25, 0.3) is 0 Å². The van der Waals surface area contributed by atoms with E-state index in [-0.39, 0.29) is 30.8 Å². The Hall–Kier alpha value is -2.87. The summed E-state index contributed by atoms with van der Waals surface area (Å²) < 4.78 is 26.5. The first kappa shape index (κ1) is 30.7. The van der Waals surface area contributed by atoms with Gasteiger partial charge in [-0.25, -0.2) is 8.42 Å². The molecule has 0 aromatic heterocycles. The second kappa shape index (κ2) is 14.5. The Morgan fingerprint density at radius 1 is 1.00 bits per heavy atom. The fourth-order valence-corrected chi connectivity index (χ4v) is 6.34. The molecule has 2 aromatic carbocycles. The van der Waals surface area contributed by atoms with Crippen LogP contribution < -0.4 is 9.62 Å². The molecule has 8 heteroatoms. The highest BCUT2D eigenvalue weighted by Crippen LogP contribution is 2.22. The van der Waals surface area contributed by atoms with Crippen molar-refractivity contribution >= 4 is 27.5 Å². The Bertz CT molecular complexity index is 1190. The fraction of sp³-hybridized carbons (Fsp3) is 0.548. The zero-order valence-electron chi connectivity index (χ0n) is 24.0. The molecular formula is C31H45N3O4S. The second-order valence-electron chi connectivity index (χ2n) is 10.7. The highest BCUT2D eigenvalue weighted by atomic mass is 32.2. The molecule has 0 aliphatic heterocycles. The number of carbonyl (C=O) groups is 2. The third kappa shape index (κ3) is 9.09. The van der Waals surface area contributed by atoms with E-state index in [1.807, 2.05) is 62.4 Å². The Kier molecular flexibility index (Phi) is 11.4. The standard InChI is InChI=1S/C31H45N3O4S/c1-5-25-17-19-28(20-18-25)34(39(4,37)38)21-11-16-30(35)33(23-26-13-10-12-24(3)22-26)29(6-2)31(36)32-27-14-8-7-9-15-27/h10,12-13,17-20,22,27,29H,5-9,11,14-16,21,23H2,1-4H3,(H,32,36). The minimum Gasteiger partial charge on any atom is -0.352 e. The van der Waals surface area contributed by atoms with E-state index >= 15 is 0 Å². The molecule has 1 atom stereocenters. The lowest BCUT2D eigenvalue weighted by atomic mass is 9.95. The molecule has 0 spiro atoms. The number of aryl methyl sites for hydroxylation is 2. The lowest BCUT2D eigenvalue weighted by molar-refractivity contribution is -0.141. The zero-order valence-corrected chi connectivity index (χ0v) is 24.8. The van der Waals surface area contributed by atoms with Crippen LogP contribution in [0.4, 0.5) is 5.69 Å². The lowest BCUT2D eigenvalue weighted by Gasteiger charge is -2.33. The summed E-state index contributed by atoms with van der Waals surface area (Å²) in [6, 6.07) is 15.1. The number of hydrogen-bond acceptors (Lipinski definition) is 4. The summed E-state index contributed by atoms with van der Waals surface area (Å²) >= 11 is 0. The van der Waals surface area contributed by atoms with E-state index in [4.69, 9.17) is 0 Å². The second-order valence-corrected chi connectivity index (χ2v) is 12.6. The molecule has 2 aromatic rings. The number of hydrogen-bond donors (Lipinski definition) is 1. The Labute approximate surface area is 235 Å². The monoisotopic (exact) mass is 555 g/mol. The normalized spacial score (nSPS) is 15.0. The minimum atomic E-state index is -3.52. The quantitative estimate of drug-likeness (QED) is 0.361. The van der Waals surface area contributed by atoms with Crippen molar-refractivity contribution in [1.82, 2.24) is 10.2 Å². The average molecular weight is 556 g/mol. The molecule has 214 valence electrons. The summed E-state index contributed by atoms with van der Waals surface area (Å²) in [7, 11) is -3.52. The van der Waals surface area contributed by atoms with Gasteiger partial charge in [0.2, 0.25) is 21.8 Å². The number of carbonyl (C=O) groups excluding carboxylic acids is 2. The molecule has 2 amide bonds. The minimum absolute atomic E-state index is 0.0980. The molecule has 39 heavy (non-hydrogen) atoms. The highest BCUT2D eigenvalue weighted by molar-refractivity contribution is 7.92. The van der Waals surface area contributed by atoms with E-state index in [1.165, 1.54) is 17.0 Å². The maximum Gasteiger partial charge on any atom is 0.243 e. The smallest absolute Gasteiger partial charge is 0.243 e. The van der Waals surface area contributed by atoms with E-state index in [9.17, 15) is 18.0 Å². The molecule has 1 aliphatic rings. The summed E-state index contributed by atoms with van der Waals surface area (Å²) in [5.74, 6) is -0.240. The van der Waals surface area contributed by atoms with Gasteiger partial charge in [-0.1, -0.05) is 75.1 Å². The molecular weight excluding hydrogens is 510 g/mol. The maximum atomic E-state index is 13.7. The van der Waals surface area contributed by atoms with E-state index in [2.05, 4.69) is 12.2 Å². The third-order valence-electron chi connectivity index (χ3n) is 7.56. The van der Waals surface area contributed by atoms with Gasteiger partial charge in [0, 0.05) is 25.6 Å². The number of anilines is 1. The van der Waals surface area contributed by atoms with Crippen molar-refractivity contribution < 1.29 is 18.0 Å². The first-order valence-corrected chi connectivity index (χ1v) is 16.2. The van der Waals surface area contributed by atoms with Crippen molar-refractivity contribution in [3.05, 3.63) is 65.2 Å². The molecule has 0 heterocycles. The molecule has 1 fully saturated rings. The van der Waals surface area contributed by atoms with Gasteiger partial charge in [-0.05, 0) is 62.3 Å². The van der Waals surface area contributed by atoms with Crippen molar-refractivity contribution in [2.45, 2.75) is 97.2 Å². The number of benzene rings is 2. The Balaban J connectivity index is 1.75. The van der Waals surface area contributed by atoms with Gasteiger partial charge >= 0.3 is 0 Å². The predicted molar refractivity (Wildman–Crippen MR) is 158 cm³/mol. The predicted octanol–water partition coefficient (Wildman–Crippen LogP) is 5.36. The molecule has 1 N–H and O–H groups in total. The fourth-order valence-electron chi connectivity index (χ4n) is 5.37. The number of sulfonamides is 1. The largest absolute Gasteiger partial charge is 0.352 e. The molecule has 1 aliphatic carbocycles. The van der Waals surface area contributed by atoms with Gasteiger partial charge in [-0.15, -0.1) is 0 Å². The average Bonchev–Trinajstić information content (AvgIpc) is 2.91. The van der Waals surface area contributed by atoms with Gasteiger partial charge in [0.05, 0.1) is 11.9 Å². The van der Waals surface area contributed by atoms with Crippen molar-refractivity contribution in [2.75, 3.05) is 17.1 Å². The van der Waals surface area contributed by atoms with Crippen LogP contribution in [0.3, 0.4) is 0 Å². The number of nitrogens with one attached hydrogen (secondary N) is 1. The van der Waals surface area contributed by atoms with Crippen LogP contribution in [0.1, 0.15) is 81.9 Å². The summed E-state index contributed by atoms with van der Waals surface area (Å²) in [5.41, 5.74) is 3.79. The molecule has 0 saturated heterocycles. The van der Waals surface area contributed by atoms with E-state index in [0.717, 1.165) is 48.8 Å². The summed E-state index contributed by atoms with van der Waals surface area (Å²) in [5, 5.41) is 3.21. The van der Waals surface area contributed by atoms with Crippen molar-refractivity contribution in [3.8, 4) is 0 Å². The van der Waals surface area contributed by atoms with E-state index in [1.54, 1.807) is 4.90 Å². The van der Waals surface area contributed by atoms with Gasteiger partial charge in [0.25, 0.3) is 0 Å². The van der Waals surface area contributed by atoms with Crippen LogP contribution in [0, 0.1) is 6.92 Å². The number of rotatable bonds is 13. The molecule has 7 nitrogen and oxygen atoms in total. The Morgan fingerprint density at radius 3 is 2.28 bits per heavy atom. The van der Waals surface area contributed by atoms with Crippen molar-refractivity contribution in [1.29, 1.82) is 0 Å². The topological polar surface area (TPSA) is 86.8 Å². The first-order valence-electron chi connectivity index (χ1n) is 14.3. The third-order valence-corrected chi connectivity index (χ3v) is 8.75. The van der Waals surface area contributed by atoms with Crippen molar-refractivity contribution in [3.63, 3.8) is 0 Å². The molecule has 1 unspecified atom stereocenters. The van der Waals surface area contributed by atoms with Crippen LogP contribution in [-0.4, -0.2) is 50.0 Å². The maximum absolute atomic E-state index is 13.7. The summed E-state index contributed by atoms with van der Waals surface area (Å²) in [6.45, 7) is 6.53. The SMILES string of the molecule is CCc1ccc(N(CCCC(=O)N(Cc2cccc(C)c2)C(CC)C(=O)NC2CCCCC2)S(C)(=O)=O)cc1. The van der Waals surface area contributed by atoms with Crippen LogP contribution in [0.15, 0.2) is 48.5 Å². The van der Waals surface area contributed by atoms with Gasteiger partial charge < -0.3 is 10.2 Å². The first-order chi connectivity index (χ1) is 18.6.